The summed E-state index contributed by atoms with van der Waals surface area (Å²) in [5.74, 6) is 0.789. The maximum Gasteiger partial charge on any atom is 0.268 e. The van der Waals surface area contributed by atoms with Crippen LogP contribution < -0.4 is 15.4 Å². The summed E-state index contributed by atoms with van der Waals surface area (Å²) in [6.45, 7) is 0.417. The number of aromatic nitrogens is 1. The number of hydrogen-bond acceptors (Lipinski definition) is 5. The van der Waals surface area contributed by atoms with Gasteiger partial charge in [0.05, 0.1) is 12.2 Å². The number of fused-ring (bicyclic) bond motifs is 1. The molecule has 2 heterocycles. The van der Waals surface area contributed by atoms with Crippen molar-refractivity contribution in [2.75, 3.05) is 17.2 Å². The average Bonchev–Trinajstić information content (AvgIpc) is 2.91. The Bertz CT molecular complexity index is 553. The summed E-state index contributed by atoms with van der Waals surface area (Å²) in [6, 6.07) is 9.06. The van der Waals surface area contributed by atoms with E-state index in [0.717, 1.165) is 5.69 Å². The maximum atomic E-state index is 11.9. The zero-order chi connectivity index (χ0) is 12.4. The lowest BCUT2D eigenvalue weighted by Crippen LogP contribution is -2.41. The van der Waals surface area contributed by atoms with E-state index < -0.39 is 6.10 Å². The number of anilines is 2. The van der Waals surface area contributed by atoms with Crippen LogP contribution in [0.25, 0.3) is 0 Å². The first-order valence-corrected chi connectivity index (χ1v) is 5.54. The number of carbonyl (C=O) groups excluding carboxylic acids is 1. The van der Waals surface area contributed by atoms with Gasteiger partial charge in [-0.2, -0.15) is 0 Å². The number of hydrogen-bond donors (Lipinski definition) is 2. The third kappa shape index (κ3) is 2.00. The lowest BCUT2D eigenvalue weighted by molar-refractivity contribution is -0.122. The molecule has 1 aromatic carbocycles. The molecule has 0 saturated carbocycles. The van der Waals surface area contributed by atoms with Crippen LogP contribution in [0.1, 0.15) is 0 Å². The van der Waals surface area contributed by atoms with Crippen molar-refractivity contribution < 1.29 is 14.1 Å². The van der Waals surface area contributed by atoms with Crippen LogP contribution in [0.5, 0.6) is 5.75 Å². The SMILES string of the molecule is O=C(Nc1ccon1)C1CNc2ccccc2O1. The average molecular weight is 245 g/mol. The van der Waals surface area contributed by atoms with Crippen molar-refractivity contribution in [3.8, 4) is 5.75 Å². The number of para-hydroxylation sites is 2. The summed E-state index contributed by atoms with van der Waals surface area (Å²) < 4.78 is 10.2. The third-order valence-corrected chi connectivity index (χ3v) is 2.62. The quantitative estimate of drug-likeness (QED) is 0.838. The Morgan fingerprint density at radius 3 is 3.11 bits per heavy atom. The lowest BCUT2D eigenvalue weighted by Gasteiger charge is -2.26. The molecule has 0 radical (unpaired) electrons. The van der Waals surface area contributed by atoms with Crippen LogP contribution in [0, 0.1) is 0 Å². The molecule has 0 bridgehead atoms. The van der Waals surface area contributed by atoms with Crippen molar-refractivity contribution in [2.24, 2.45) is 0 Å². The number of amides is 1. The molecule has 92 valence electrons. The van der Waals surface area contributed by atoms with Gasteiger partial charge in [-0.15, -0.1) is 0 Å². The minimum absolute atomic E-state index is 0.258. The molecule has 1 unspecified atom stereocenters. The van der Waals surface area contributed by atoms with Gasteiger partial charge in [-0.1, -0.05) is 17.3 Å². The van der Waals surface area contributed by atoms with Gasteiger partial charge in [0.2, 0.25) is 0 Å². The van der Waals surface area contributed by atoms with Crippen LogP contribution in [0.2, 0.25) is 0 Å². The standard InChI is InChI=1S/C12H11N3O3/c16-12(14-11-5-6-17-15-11)10-7-13-8-3-1-2-4-9(8)18-10/h1-6,10,13H,7H2,(H,14,15,16). The van der Waals surface area contributed by atoms with E-state index in [1.165, 1.54) is 6.26 Å². The van der Waals surface area contributed by atoms with Crippen molar-refractivity contribution in [2.45, 2.75) is 6.10 Å². The van der Waals surface area contributed by atoms with Crippen LogP contribution in [0.15, 0.2) is 41.1 Å². The number of benzene rings is 1. The second kappa shape index (κ2) is 4.40. The van der Waals surface area contributed by atoms with E-state index in [-0.39, 0.29) is 5.91 Å². The van der Waals surface area contributed by atoms with Crippen LogP contribution >= 0.6 is 0 Å². The summed E-state index contributed by atoms with van der Waals surface area (Å²) in [5, 5.41) is 9.37. The van der Waals surface area contributed by atoms with Gasteiger partial charge in [0.1, 0.15) is 12.0 Å². The molecule has 18 heavy (non-hydrogen) atoms. The largest absolute Gasteiger partial charge is 0.477 e. The van der Waals surface area contributed by atoms with Gasteiger partial charge in [-0.25, -0.2) is 0 Å². The van der Waals surface area contributed by atoms with Gasteiger partial charge in [-0.05, 0) is 12.1 Å². The molecule has 3 rings (SSSR count). The summed E-state index contributed by atoms with van der Waals surface area (Å²) >= 11 is 0. The molecule has 2 aromatic rings. The molecule has 0 fully saturated rings. The molecule has 1 atom stereocenters. The van der Waals surface area contributed by atoms with Crippen molar-refractivity contribution in [3.63, 3.8) is 0 Å². The lowest BCUT2D eigenvalue weighted by atomic mass is 10.2. The maximum absolute atomic E-state index is 11.9. The van der Waals surface area contributed by atoms with Gasteiger partial charge >= 0.3 is 0 Å². The first-order chi connectivity index (χ1) is 8.83. The van der Waals surface area contributed by atoms with E-state index in [0.29, 0.717) is 18.1 Å². The van der Waals surface area contributed by atoms with E-state index in [4.69, 9.17) is 4.74 Å². The minimum atomic E-state index is -0.586. The van der Waals surface area contributed by atoms with Crippen molar-refractivity contribution in [1.82, 2.24) is 5.16 Å². The van der Waals surface area contributed by atoms with E-state index in [1.54, 1.807) is 6.07 Å². The summed E-state index contributed by atoms with van der Waals surface area (Å²) in [6.07, 6.45) is 0.807. The first-order valence-electron chi connectivity index (χ1n) is 5.54. The van der Waals surface area contributed by atoms with E-state index >= 15 is 0 Å². The van der Waals surface area contributed by atoms with E-state index in [1.807, 2.05) is 24.3 Å². The summed E-state index contributed by atoms with van der Waals surface area (Å²) in [5.41, 5.74) is 0.892. The predicted molar refractivity (Wildman–Crippen MR) is 64.5 cm³/mol. The van der Waals surface area contributed by atoms with Crippen LogP contribution in [0.4, 0.5) is 11.5 Å². The Hall–Kier alpha value is -2.50. The van der Waals surface area contributed by atoms with Crippen LogP contribution in [-0.2, 0) is 4.79 Å². The summed E-state index contributed by atoms with van der Waals surface area (Å²) in [7, 11) is 0. The predicted octanol–water partition coefficient (Wildman–Crippen LogP) is 1.49. The van der Waals surface area contributed by atoms with Gasteiger partial charge in [0.25, 0.3) is 5.91 Å². The van der Waals surface area contributed by atoms with Crippen LogP contribution in [-0.4, -0.2) is 23.7 Å². The fourth-order valence-corrected chi connectivity index (χ4v) is 1.74. The van der Waals surface area contributed by atoms with Crippen molar-refractivity contribution in [3.05, 3.63) is 36.6 Å². The molecular weight excluding hydrogens is 234 g/mol. The molecule has 1 aliphatic heterocycles. The zero-order valence-electron chi connectivity index (χ0n) is 9.42. The van der Waals surface area contributed by atoms with Crippen molar-refractivity contribution in [1.29, 1.82) is 0 Å². The number of rotatable bonds is 2. The Kier molecular flexibility index (Phi) is 2.60. The summed E-state index contributed by atoms with van der Waals surface area (Å²) in [4.78, 5) is 11.9. The fraction of sp³-hybridized carbons (Fsp3) is 0.167. The Morgan fingerprint density at radius 2 is 2.28 bits per heavy atom. The Balaban J connectivity index is 1.70. The number of ether oxygens (including phenoxy) is 1. The molecule has 1 aliphatic rings. The van der Waals surface area contributed by atoms with Gasteiger partial charge in [-0.3, -0.25) is 4.79 Å². The second-order valence-electron chi connectivity index (χ2n) is 3.86. The van der Waals surface area contributed by atoms with Crippen molar-refractivity contribution >= 4 is 17.4 Å². The van der Waals surface area contributed by atoms with Crippen LogP contribution in [0.3, 0.4) is 0 Å². The normalized spacial score (nSPS) is 17.2. The van der Waals surface area contributed by atoms with Gasteiger partial charge in [0, 0.05) is 6.07 Å². The molecule has 1 aromatic heterocycles. The molecule has 0 aliphatic carbocycles. The third-order valence-electron chi connectivity index (χ3n) is 2.62. The Labute approximate surface area is 103 Å². The van der Waals surface area contributed by atoms with E-state index in [9.17, 15) is 4.79 Å². The smallest absolute Gasteiger partial charge is 0.268 e. The number of nitrogens with one attached hydrogen (secondary N) is 2. The number of carbonyl (C=O) groups is 1. The fourth-order valence-electron chi connectivity index (χ4n) is 1.74. The highest BCUT2D eigenvalue weighted by Crippen LogP contribution is 2.28. The highest BCUT2D eigenvalue weighted by atomic mass is 16.5. The molecular formula is C12H11N3O3. The number of nitrogens with zero attached hydrogens (tertiary/aromatic N) is 1. The molecule has 2 N–H and O–H groups in total. The monoisotopic (exact) mass is 245 g/mol. The minimum Gasteiger partial charge on any atom is -0.477 e. The van der Waals surface area contributed by atoms with Gasteiger partial charge < -0.3 is 19.9 Å². The highest BCUT2D eigenvalue weighted by molar-refractivity contribution is 5.94. The highest BCUT2D eigenvalue weighted by Gasteiger charge is 2.26. The molecule has 6 nitrogen and oxygen atoms in total. The first kappa shape index (κ1) is 10.6. The molecule has 0 saturated heterocycles. The molecule has 0 spiro atoms. The molecule has 1 amide bonds. The van der Waals surface area contributed by atoms with Gasteiger partial charge in [0.15, 0.2) is 11.9 Å². The zero-order valence-corrected chi connectivity index (χ0v) is 9.42. The van der Waals surface area contributed by atoms with E-state index in [2.05, 4.69) is 20.3 Å². The Morgan fingerprint density at radius 1 is 1.39 bits per heavy atom. The second-order valence-corrected chi connectivity index (χ2v) is 3.86. The topological polar surface area (TPSA) is 76.4 Å². The molecule has 6 heteroatoms.